The van der Waals surface area contributed by atoms with Crippen molar-refractivity contribution in [3.8, 4) is 0 Å². The largest absolute Gasteiger partial charge is 0.218 e. The van der Waals surface area contributed by atoms with Gasteiger partial charge in [0.2, 0.25) is 10.0 Å². The van der Waals surface area contributed by atoms with Gasteiger partial charge in [0.25, 0.3) is 0 Å². The van der Waals surface area contributed by atoms with Gasteiger partial charge in [0, 0.05) is 5.56 Å². The molecule has 1 aromatic carbocycles. The van der Waals surface area contributed by atoms with Gasteiger partial charge in [0.05, 0.1) is 5.75 Å². The molecule has 0 atom stereocenters. The van der Waals surface area contributed by atoms with Crippen LogP contribution in [-0.4, -0.2) is 15.5 Å². The number of hydrogen-bond donors (Lipinski definition) is 1. The molecule has 0 spiro atoms. The van der Waals surface area contributed by atoms with Crippen LogP contribution >= 0.6 is 0 Å². The number of hydrogen-bond acceptors (Lipinski definition) is 2. The lowest BCUT2D eigenvalue weighted by Gasteiger charge is -2.04. The molecule has 0 aromatic heterocycles. The molecule has 5 heteroatoms. The number of sulfonamides is 1. The van der Waals surface area contributed by atoms with E-state index in [2.05, 4.69) is 4.72 Å². The van der Waals surface area contributed by atoms with E-state index in [1.165, 1.54) is 19.2 Å². The summed E-state index contributed by atoms with van der Waals surface area (Å²) in [5.41, 5.74) is 1.03. The van der Waals surface area contributed by atoms with E-state index in [4.69, 9.17) is 0 Å². The third-order valence-corrected chi connectivity index (χ3v) is 3.17. The average Bonchev–Trinajstić information content (AvgIpc) is 2.11. The lowest BCUT2D eigenvalue weighted by atomic mass is 10.1. The van der Waals surface area contributed by atoms with Crippen molar-refractivity contribution in [3.63, 3.8) is 0 Å². The average molecular weight is 217 g/mol. The van der Waals surface area contributed by atoms with Gasteiger partial charge in [-0.2, -0.15) is 0 Å². The molecule has 0 unspecified atom stereocenters. The molecule has 0 aliphatic carbocycles. The molecule has 0 heterocycles. The van der Waals surface area contributed by atoms with Gasteiger partial charge in [-0.05, 0) is 20.0 Å². The minimum Gasteiger partial charge on any atom is -0.218 e. The van der Waals surface area contributed by atoms with Crippen LogP contribution in [0.5, 0.6) is 0 Å². The summed E-state index contributed by atoms with van der Waals surface area (Å²) < 4.78 is 37.6. The van der Waals surface area contributed by atoms with Crippen molar-refractivity contribution >= 4 is 10.0 Å². The van der Waals surface area contributed by atoms with Crippen molar-refractivity contribution in [2.45, 2.75) is 12.7 Å². The minimum absolute atomic E-state index is 0.194. The molecular weight excluding hydrogens is 205 g/mol. The summed E-state index contributed by atoms with van der Waals surface area (Å²) in [7, 11) is -2.09. The molecule has 0 aliphatic heterocycles. The van der Waals surface area contributed by atoms with E-state index in [0.717, 1.165) is 5.56 Å². The van der Waals surface area contributed by atoms with Crippen molar-refractivity contribution in [1.82, 2.24) is 4.72 Å². The quantitative estimate of drug-likeness (QED) is 0.826. The van der Waals surface area contributed by atoms with Crippen LogP contribution in [0, 0.1) is 12.7 Å². The fourth-order valence-electron chi connectivity index (χ4n) is 1.09. The smallest absolute Gasteiger partial charge is 0.215 e. The molecule has 0 bridgehead atoms. The molecular formula is C9H12FNO2S. The van der Waals surface area contributed by atoms with E-state index in [9.17, 15) is 12.8 Å². The summed E-state index contributed by atoms with van der Waals surface area (Å²) >= 11 is 0. The molecule has 3 nitrogen and oxygen atoms in total. The first kappa shape index (κ1) is 11.1. The Morgan fingerprint density at radius 3 is 2.64 bits per heavy atom. The van der Waals surface area contributed by atoms with Gasteiger partial charge in [-0.1, -0.05) is 17.7 Å². The summed E-state index contributed by atoms with van der Waals surface area (Å²) in [6.07, 6.45) is 0. The Hall–Kier alpha value is -0.940. The van der Waals surface area contributed by atoms with Gasteiger partial charge in [-0.3, -0.25) is 0 Å². The maximum atomic E-state index is 13.1. The van der Waals surface area contributed by atoms with E-state index >= 15 is 0 Å². The van der Waals surface area contributed by atoms with Crippen molar-refractivity contribution < 1.29 is 12.8 Å². The molecule has 0 aliphatic rings. The van der Waals surface area contributed by atoms with Gasteiger partial charge in [-0.15, -0.1) is 0 Å². The standard InChI is InChI=1S/C9H12FNO2S/c1-7-3-4-9(10)8(5-7)6-14(12,13)11-2/h3-5,11H,6H2,1-2H3. The number of benzene rings is 1. The van der Waals surface area contributed by atoms with Gasteiger partial charge in [-0.25, -0.2) is 17.5 Å². The van der Waals surface area contributed by atoms with Crippen LogP contribution in [0.25, 0.3) is 0 Å². The van der Waals surface area contributed by atoms with E-state index in [1.54, 1.807) is 13.0 Å². The SMILES string of the molecule is CNS(=O)(=O)Cc1cc(C)ccc1F. The fraction of sp³-hybridized carbons (Fsp3) is 0.333. The van der Waals surface area contributed by atoms with Crippen LogP contribution in [0.3, 0.4) is 0 Å². The molecule has 0 amide bonds. The molecule has 0 fully saturated rings. The zero-order valence-corrected chi connectivity index (χ0v) is 8.86. The highest BCUT2D eigenvalue weighted by Gasteiger charge is 2.12. The van der Waals surface area contributed by atoms with Gasteiger partial charge in [0.1, 0.15) is 5.82 Å². The Kier molecular flexibility index (Phi) is 3.23. The van der Waals surface area contributed by atoms with Crippen LogP contribution in [-0.2, 0) is 15.8 Å². The summed E-state index contributed by atoms with van der Waals surface area (Å²) in [6.45, 7) is 1.79. The van der Waals surface area contributed by atoms with Crippen LogP contribution in [0.15, 0.2) is 18.2 Å². The Bertz CT molecular complexity index is 428. The first-order chi connectivity index (χ1) is 6.44. The fourth-order valence-corrected chi connectivity index (χ4v) is 1.87. The molecule has 14 heavy (non-hydrogen) atoms. The van der Waals surface area contributed by atoms with Crippen LogP contribution in [0.2, 0.25) is 0 Å². The second-order valence-corrected chi connectivity index (χ2v) is 4.98. The Morgan fingerprint density at radius 1 is 1.43 bits per heavy atom. The number of nitrogens with one attached hydrogen (secondary N) is 1. The Morgan fingerprint density at radius 2 is 2.07 bits per heavy atom. The van der Waals surface area contributed by atoms with Crippen LogP contribution < -0.4 is 4.72 Å². The summed E-state index contributed by atoms with van der Waals surface area (Å²) in [5, 5.41) is 0. The second kappa shape index (κ2) is 4.06. The van der Waals surface area contributed by atoms with Crippen LogP contribution in [0.4, 0.5) is 4.39 Å². The lowest BCUT2D eigenvalue weighted by molar-refractivity contribution is 0.580. The van der Waals surface area contributed by atoms with Gasteiger partial charge < -0.3 is 0 Å². The maximum Gasteiger partial charge on any atom is 0.215 e. The monoisotopic (exact) mass is 217 g/mol. The molecule has 78 valence electrons. The van der Waals surface area contributed by atoms with Crippen molar-refractivity contribution in [3.05, 3.63) is 35.1 Å². The highest BCUT2D eigenvalue weighted by molar-refractivity contribution is 7.88. The van der Waals surface area contributed by atoms with Gasteiger partial charge in [0.15, 0.2) is 0 Å². The Labute approximate surface area is 83.0 Å². The highest BCUT2D eigenvalue weighted by Crippen LogP contribution is 2.12. The number of halogens is 1. The van der Waals surface area contributed by atoms with Crippen molar-refractivity contribution in [2.24, 2.45) is 0 Å². The first-order valence-corrected chi connectivity index (χ1v) is 5.76. The predicted molar refractivity (Wildman–Crippen MR) is 52.8 cm³/mol. The van der Waals surface area contributed by atoms with E-state index in [0.29, 0.717) is 0 Å². The molecule has 1 aromatic rings. The van der Waals surface area contributed by atoms with E-state index in [1.807, 2.05) is 0 Å². The van der Waals surface area contributed by atoms with Crippen molar-refractivity contribution in [1.29, 1.82) is 0 Å². The van der Waals surface area contributed by atoms with Crippen LogP contribution in [0.1, 0.15) is 11.1 Å². The van der Waals surface area contributed by atoms with E-state index < -0.39 is 15.8 Å². The molecule has 0 saturated heterocycles. The topological polar surface area (TPSA) is 46.2 Å². The predicted octanol–water partition coefficient (Wildman–Crippen LogP) is 1.18. The molecule has 0 saturated carbocycles. The number of rotatable bonds is 3. The zero-order chi connectivity index (χ0) is 10.8. The third kappa shape index (κ3) is 2.78. The van der Waals surface area contributed by atoms with Crippen molar-refractivity contribution in [2.75, 3.05) is 7.05 Å². The molecule has 1 N–H and O–H groups in total. The Balaban J connectivity index is 3.03. The normalized spacial score (nSPS) is 11.6. The minimum atomic E-state index is -3.40. The number of aryl methyl sites for hydroxylation is 1. The highest BCUT2D eigenvalue weighted by atomic mass is 32.2. The third-order valence-electron chi connectivity index (χ3n) is 1.86. The summed E-state index contributed by atoms with van der Waals surface area (Å²) in [6, 6.07) is 4.41. The van der Waals surface area contributed by atoms with Gasteiger partial charge >= 0.3 is 0 Å². The van der Waals surface area contributed by atoms with E-state index in [-0.39, 0.29) is 11.3 Å². The molecule has 0 radical (unpaired) electrons. The zero-order valence-electron chi connectivity index (χ0n) is 8.04. The maximum absolute atomic E-state index is 13.1. The molecule has 1 rings (SSSR count). The summed E-state index contributed by atoms with van der Waals surface area (Å²) in [5.74, 6) is -0.814. The first-order valence-electron chi connectivity index (χ1n) is 4.11. The lowest BCUT2D eigenvalue weighted by Crippen LogP contribution is -2.20. The summed E-state index contributed by atoms with van der Waals surface area (Å²) in [4.78, 5) is 0. The second-order valence-electron chi connectivity index (χ2n) is 3.06.